The van der Waals surface area contributed by atoms with Crippen molar-refractivity contribution in [1.82, 2.24) is 0 Å². The number of anilines is 2. The molecule has 0 aliphatic heterocycles. The van der Waals surface area contributed by atoms with Crippen molar-refractivity contribution in [3.63, 3.8) is 0 Å². The Morgan fingerprint density at radius 2 is 1.18 bits per heavy atom. The maximum Gasteiger partial charge on any atom is 0.332 e. The lowest BCUT2D eigenvalue weighted by atomic mass is 10.1. The molecular weight excluding hydrogens is 443 g/mol. The molecule has 28 heavy (non-hydrogen) atoms. The first-order chi connectivity index (χ1) is 12.5. The molecule has 0 heterocycles. The lowest BCUT2D eigenvalue weighted by Gasteiger charge is -2.40. The molecule has 0 amide bonds. The Kier molecular flexibility index (Phi) is 5.09. The lowest BCUT2D eigenvalue weighted by Crippen LogP contribution is -2.23. The molecule has 0 aromatic heterocycles. The summed E-state index contributed by atoms with van der Waals surface area (Å²) in [5.74, 6) is -4.33. The van der Waals surface area contributed by atoms with E-state index in [4.69, 9.17) is 12.2 Å². The molecule has 0 spiro atoms. The molecule has 0 bridgehead atoms. The number of hydrogen-bond donors (Lipinski definition) is 2. The van der Waals surface area contributed by atoms with Crippen molar-refractivity contribution in [2.75, 3.05) is 10.6 Å². The minimum Gasteiger partial charge on any atom is -0.332 e. The molecule has 0 atom stereocenters. The van der Waals surface area contributed by atoms with Gasteiger partial charge in [-0.3, -0.25) is 0 Å². The fourth-order valence-corrected chi connectivity index (χ4v) is 2.88. The second kappa shape index (κ2) is 6.44. The minimum atomic E-state index is -9.78. The van der Waals surface area contributed by atoms with Crippen molar-refractivity contribution in [2.45, 2.75) is 17.2 Å². The van der Waals surface area contributed by atoms with Crippen LogP contribution in [0.2, 0.25) is 0 Å². The van der Waals surface area contributed by atoms with Gasteiger partial charge in [-0.25, -0.2) is 8.78 Å². The maximum absolute atomic E-state index is 13.2. The Morgan fingerprint density at radius 3 is 1.54 bits per heavy atom. The van der Waals surface area contributed by atoms with Crippen molar-refractivity contribution >= 4 is 38.9 Å². The second-order valence-corrected chi connectivity index (χ2v) is 8.39. The molecular formula is C15H11F9N2S2. The van der Waals surface area contributed by atoms with E-state index in [-0.39, 0.29) is 28.6 Å². The van der Waals surface area contributed by atoms with E-state index in [2.05, 4.69) is 10.6 Å². The van der Waals surface area contributed by atoms with Crippen LogP contribution in [-0.2, 0) is 5.92 Å². The zero-order valence-electron chi connectivity index (χ0n) is 13.4. The Hall–Kier alpha value is -2.15. The predicted octanol–water partition coefficient (Wildman–Crippen LogP) is 7.51. The van der Waals surface area contributed by atoms with Crippen LogP contribution in [0.5, 0.6) is 0 Å². The first kappa shape index (κ1) is 22.1. The number of rotatable bonds is 5. The molecule has 0 fully saturated rings. The zero-order chi connectivity index (χ0) is 21.4. The highest BCUT2D eigenvalue weighted by Gasteiger charge is 2.65. The number of benzene rings is 2. The van der Waals surface area contributed by atoms with Crippen LogP contribution in [0.4, 0.5) is 48.4 Å². The third-order valence-corrected chi connectivity index (χ3v) is 4.73. The summed E-state index contributed by atoms with van der Waals surface area (Å²) in [7, 11) is -9.78. The number of hydrogen-bond acceptors (Lipinski definition) is 1. The number of halogens is 9. The van der Waals surface area contributed by atoms with E-state index >= 15 is 0 Å². The number of nitrogens with one attached hydrogen (secondary N) is 2. The first-order valence-corrected chi connectivity index (χ1v) is 9.54. The fraction of sp³-hybridized carbons (Fsp3) is 0.133. The number of alkyl halides is 4. The van der Waals surface area contributed by atoms with Gasteiger partial charge in [0.05, 0.1) is 0 Å². The average molecular weight is 454 g/mol. The van der Waals surface area contributed by atoms with Crippen LogP contribution in [0, 0.1) is 0 Å². The van der Waals surface area contributed by atoms with Crippen molar-refractivity contribution < 1.29 is 37.0 Å². The molecule has 0 aliphatic rings. The average Bonchev–Trinajstić information content (AvgIpc) is 2.53. The van der Waals surface area contributed by atoms with Gasteiger partial charge in [0.1, 0.15) is 4.90 Å². The largest absolute Gasteiger partial charge is 0.332 e. The van der Waals surface area contributed by atoms with Crippen molar-refractivity contribution in [3.05, 3.63) is 54.1 Å². The molecule has 2 N–H and O–H groups in total. The summed E-state index contributed by atoms with van der Waals surface area (Å²) >= 11 is 4.86. The predicted molar refractivity (Wildman–Crippen MR) is 94.0 cm³/mol. The van der Waals surface area contributed by atoms with E-state index in [0.717, 1.165) is 36.4 Å². The summed E-state index contributed by atoms with van der Waals surface area (Å²) in [6.45, 7) is 0. The molecule has 0 radical (unpaired) electrons. The van der Waals surface area contributed by atoms with Crippen LogP contribution >= 0.6 is 22.4 Å². The Labute approximate surface area is 158 Å². The second-order valence-electron chi connectivity index (χ2n) is 5.57. The summed E-state index contributed by atoms with van der Waals surface area (Å²) < 4.78 is 114. The molecule has 13 heteroatoms. The van der Waals surface area contributed by atoms with Crippen molar-refractivity contribution in [1.29, 1.82) is 0 Å². The van der Waals surface area contributed by atoms with Gasteiger partial charge in [-0.1, -0.05) is 31.6 Å². The molecule has 0 unspecified atom stereocenters. The van der Waals surface area contributed by atoms with Gasteiger partial charge in [0, 0.05) is 16.9 Å². The molecule has 2 nitrogen and oxygen atoms in total. The van der Waals surface area contributed by atoms with Gasteiger partial charge in [0.15, 0.2) is 5.11 Å². The van der Waals surface area contributed by atoms with E-state index in [0.29, 0.717) is 0 Å². The highest BCUT2D eigenvalue weighted by atomic mass is 32.5. The van der Waals surface area contributed by atoms with Gasteiger partial charge in [-0.2, -0.15) is 8.78 Å². The lowest BCUT2D eigenvalue weighted by molar-refractivity contribution is -0.135. The molecule has 0 saturated heterocycles. The van der Waals surface area contributed by atoms with E-state index in [9.17, 15) is 37.0 Å². The molecule has 0 aliphatic carbocycles. The smallest absolute Gasteiger partial charge is 0.332 e. The summed E-state index contributed by atoms with van der Waals surface area (Å²) in [6.07, 6.45) is -3.89. The van der Waals surface area contributed by atoms with Gasteiger partial charge in [0.25, 0.3) is 0 Å². The Morgan fingerprint density at radius 1 is 0.786 bits per heavy atom. The van der Waals surface area contributed by atoms with Crippen LogP contribution in [0.25, 0.3) is 0 Å². The molecule has 0 saturated carbocycles. The van der Waals surface area contributed by atoms with Crippen molar-refractivity contribution in [3.8, 4) is 0 Å². The number of thiocarbonyl (C=S) groups is 1. The van der Waals surface area contributed by atoms with Gasteiger partial charge >= 0.3 is 22.6 Å². The van der Waals surface area contributed by atoms with Gasteiger partial charge < -0.3 is 10.6 Å². The van der Waals surface area contributed by atoms with Crippen LogP contribution < -0.4 is 10.6 Å². The molecule has 2 aromatic carbocycles. The van der Waals surface area contributed by atoms with Gasteiger partial charge in [-0.05, 0) is 48.6 Å². The molecule has 156 valence electrons. The van der Waals surface area contributed by atoms with E-state index in [1.165, 1.54) is 0 Å². The van der Waals surface area contributed by atoms with Crippen LogP contribution in [0.3, 0.4) is 0 Å². The topological polar surface area (TPSA) is 24.1 Å². The summed E-state index contributed by atoms with van der Waals surface area (Å²) in [5.41, 5.74) is -0.850. The first-order valence-electron chi connectivity index (χ1n) is 7.18. The van der Waals surface area contributed by atoms with Gasteiger partial charge in [-0.15, -0.1) is 0 Å². The standard InChI is InChI=1S/C15H11F9N2S2/c16-13(17)15(18,19)9-1-3-10(4-2-9)25-14(27)26-11-5-7-12(8-6-11)28(20,21,22,23)24/h1-8,13H,(H2,25,26,27). The van der Waals surface area contributed by atoms with E-state index < -0.39 is 33.0 Å². The summed E-state index contributed by atoms with van der Waals surface area (Å²) in [4.78, 5) is -2.07. The third-order valence-electron chi connectivity index (χ3n) is 3.36. The SMILES string of the molecule is FC(F)C(F)(F)c1ccc(NC(=S)Nc2ccc(S(F)(F)(F)(F)F)cc2)cc1. The zero-order valence-corrected chi connectivity index (χ0v) is 15.0. The van der Waals surface area contributed by atoms with Crippen molar-refractivity contribution in [2.24, 2.45) is 0 Å². The molecule has 2 aromatic rings. The monoisotopic (exact) mass is 454 g/mol. The van der Waals surface area contributed by atoms with E-state index in [1.54, 1.807) is 0 Å². The van der Waals surface area contributed by atoms with Crippen LogP contribution in [0.1, 0.15) is 5.56 Å². The highest BCUT2D eigenvalue weighted by molar-refractivity contribution is 8.45. The Bertz CT molecular complexity index is 864. The summed E-state index contributed by atoms with van der Waals surface area (Å²) in [6, 6.07) is 5.41. The third kappa shape index (κ3) is 5.44. The van der Waals surface area contributed by atoms with Gasteiger partial charge in [0.2, 0.25) is 0 Å². The molecule has 2 rings (SSSR count). The Balaban J connectivity index is 2.05. The highest BCUT2D eigenvalue weighted by Crippen LogP contribution is 3.02. The quantitative estimate of drug-likeness (QED) is 0.361. The normalized spacial score (nSPS) is 14.9. The fourth-order valence-electron chi connectivity index (χ4n) is 1.99. The van der Waals surface area contributed by atoms with Crippen LogP contribution in [0.15, 0.2) is 53.4 Å². The minimum absolute atomic E-state index is 0.0519. The van der Waals surface area contributed by atoms with Crippen LogP contribution in [-0.4, -0.2) is 11.5 Å². The summed E-state index contributed by atoms with van der Waals surface area (Å²) in [5, 5.41) is 4.69. The van der Waals surface area contributed by atoms with E-state index in [1.807, 2.05) is 0 Å². The maximum atomic E-state index is 13.2.